The van der Waals surface area contributed by atoms with Gasteiger partial charge in [-0.3, -0.25) is 0 Å². The van der Waals surface area contributed by atoms with Crippen molar-refractivity contribution >= 4 is 0 Å². The highest BCUT2D eigenvalue weighted by Gasteiger charge is 2.19. The Labute approximate surface area is 137 Å². The maximum atomic E-state index is 5.98. The highest BCUT2D eigenvalue weighted by molar-refractivity contribution is 5.57. The fourth-order valence-electron chi connectivity index (χ4n) is 2.71. The predicted octanol–water partition coefficient (Wildman–Crippen LogP) is 3.80. The van der Waals surface area contributed by atoms with Gasteiger partial charge in [-0.1, -0.05) is 84.9 Å². The van der Waals surface area contributed by atoms with Crippen LogP contribution < -0.4 is 11.5 Å². The topological polar surface area (TPSA) is 52.0 Å². The predicted molar refractivity (Wildman–Crippen MR) is 95.6 cm³/mol. The largest absolute Gasteiger partial charge is 0.310 e. The average molecular weight is 301 g/mol. The molecule has 0 atom stereocenters. The monoisotopic (exact) mass is 301 g/mol. The second-order valence-electron chi connectivity index (χ2n) is 5.97. The van der Waals surface area contributed by atoms with E-state index in [1.54, 1.807) is 6.92 Å². The van der Waals surface area contributed by atoms with Crippen molar-refractivity contribution in [1.82, 2.24) is 0 Å². The molecule has 0 saturated heterocycles. The molecular weight excluding hydrogens is 280 g/mol. The van der Waals surface area contributed by atoms with Crippen molar-refractivity contribution in [1.29, 1.82) is 0 Å². The molecule has 0 aromatic heterocycles. The van der Waals surface area contributed by atoms with Crippen LogP contribution in [0.3, 0.4) is 0 Å². The van der Waals surface area contributed by atoms with Crippen LogP contribution in [0, 0.1) is 5.92 Å². The molecule has 2 heteroatoms. The van der Waals surface area contributed by atoms with Crippen LogP contribution in [-0.4, -0.2) is 0 Å². The van der Waals surface area contributed by atoms with Crippen LogP contribution >= 0.6 is 0 Å². The Morgan fingerprint density at radius 3 is 1.39 bits per heavy atom. The van der Waals surface area contributed by atoms with Crippen LogP contribution in [0.15, 0.2) is 84.9 Å². The third-order valence-electron chi connectivity index (χ3n) is 3.92. The van der Waals surface area contributed by atoms with Crippen LogP contribution in [0.5, 0.6) is 0 Å². The van der Waals surface area contributed by atoms with Gasteiger partial charge in [-0.05, 0) is 29.2 Å². The number of hydrogen-bond donors (Lipinski definition) is 2. The molecule has 1 radical (unpaired) electrons. The Bertz CT molecular complexity index is 702. The summed E-state index contributed by atoms with van der Waals surface area (Å²) in [6.07, 6.45) is 0. The van der Waals surface area contributed by atoms with Crippen LogP contribution in [0.2, 0.25) is 0 Å². The molecule has 2 nitrogen and oxygen atoms in total. The Hall–Kier alpha value is -2.42. The summed E-state index contributed by atoms with van der Waals surface area (Å²) < 4.78 is 0. The van der Waals surface area contributed by atoms with Crippen molar-refractivity contribution in [2.45, 2.75) is 12.6 Å². The van der Waals surface area contributed by atoms with Gasteiger partial charge >= 0.3 is 0 Å². The minimum atomic E-state index is -0.821. The molecule has 3 aromatic rings. The standard InChI is InChI=1S/C21H21N2/c1-21(22,23)19-14-12-18(13-15-19)20(16-8-4-2-5-9-16)17-10-6-3-7-11-17/h2-15H,22-23H2,1H3. The number of benzene rings is 3. The fraction of sp³-hybridized carbons (Fsp3) is 0.0952. The van der Waals surface area contributed by atoms with Gasteiger partial charge in [-0.2, -0.15) is 0 Å². The molecule has 23 heavy (non-hydrogen) atoms. The van der Waals surface area contributed by atoms with Gasteiger partial charge in [0.2, 0.25) is 0 Å². The first-order chi connectivity index (χ1) is 11.1. The van der Waals surface area contributed by atoms with Gasteiger partial charge in [0, 0.05) is 0 Å². The Morgan fingerprint density at radius 2 is 1.00 bits per heavy atom. The molecule has 0 fully saturated rings. The number of nitrogens with two attached hydrogens (primary N) is 2. The quantitative estimate of drug-likeness (QED) is 0.569. The van der Waals surface area contributed by atoms with E-state index in [2.05, 4.69) is 60.7 Å². The molecule has 0 bridgehead atoms. The van der Waals surface area contributed by atoms with E-state index in [0.717, 1.165) is 11.1 Å². The molecule has 0 spiro atoms. The molecule has 0 aliphatic carbocycles. The summed E-state index contributed by atoms with van der Waals surface area (Å²) in [4.78, 5) is 0. The van der Waals surface area contributed by atoms with Crippen molar-refractivity contribution in [2.75, 3.05) is 0 Å². The summed E-state index contributed by atoms with van der Waals surface area (Å²) in [6, 6.07) is 29.0. The van der Waals surface area contributed by atoms with Crippen molar-refractivity contribution in [2.24, 2.45) is 11.5 Å². The first-order valence-corrected chi connectivity index (χ1v) is 7.72. The second kappa shape index (κ2) is 6.37. The van der Waals surface area contributed by atoms with Gasteiger partial charge in [0.25, 0.3) is 0 Å². The molecule has 4 N–H and O–H groups in total. The molecular formula is C21H21N2. The van der Waals surface area contributed by atoms with Crippen molar-refractivity contribution in [3.63, 3.8) is 0 Å². The molecule has 0 heterocycles. The summed E-state index contributed by atoms with van der Waals surface area (Å²) in [5, 5.41) is 0. The number of hydrogen-bond acceptors (Lipinski definition) is 2. The van der Waals surface area contributed by atoms with E-state index in [4.69, 9.17) is 11.5 Å². The molecule has 0 aliphatic heterocycles. The molecule has 0 saturated carbocycles. The van der Waals surface area contributed by atoms with Crippen molar-refractivity contribution in [3.8, 4) is 0 Å². The lowest BCUT2D eigenvalue weighted by Crippen LogP contribution is -2.42. The van der Waals surface area contributed by atoms with Gasteiger partial charge < -0.3 is 11.5 Å². The van der Waals surface area contributed by atoms with Gasteiger partial charge in [0.15, 0.2) is 0 Å². The summed E-state index contributed by atoms with van der Waals surface area (Å²) >= 11 is 0. The second-order valence-corrected chi connectivity index (χ2v) is 5.97. The van der Waals surface area contributed by atoms with E-state index in [0.29, 0.717) is 0 Å². The lowest BCUT2D eigenvalue weighted by molar-refractivity contribution is 0.520. The Balaban J connectivity index is 2.06. The zero-order valence-electron chi connectivity index (χ0n) is 13.2. The maximum absolute atomic E-state index is 5.98. The molecule has 115 valence electrons. The van der Waals surface area contributed by atoms with Crippen molar-refractivity contribution in [3.05, 3.63) is 113 Å². The normalized spacial score (nSPS) is 11.7. The van der Waals surface area contributed by atoms with E-state index >= 15 is 0 Å². The van der Waals surface area contributed by atoms with E-state index in [-0.39, 0.29) is 0 Å². The molecule has 3 rings (SSSR count). The third-order valence-corrected chi connectivity index (χ3v) is 3.92. The smallest absolute Gasteiger partial charge is 0.0870 e. The first kappa shape index (κ1) is 15.5. The lowest BCUT2D eigenvalue weighted by atomic mass is 9.84. The molecule has 3 aromatic carbocycles. The Kier molecular flexibility index (Phi) is 4.28. The summed E-state index contributed by atoms with van der Waals surface area (Å²) in [7, 11) is 0. The van der Waals surface area contributed by atoms with Crippen LogP contribution in [0.1, 0.15) is 29.2 Å². The maximum Gasteiger partial charge on any atom is 0.0870 e. The highest BCUT2D eigenvalue weighted by Crippen LogP contribution is 2.31. The van der Waals surface area contributed by atoms with Crippen molar-refractivity contribution < 1.29 is 0 Å². The molecule has 0 amide bonds. The zero-order chi connectivity index (χ0) is 16.3. The van der Waals surface area contributed by atoms with Gasteiger partial charge in [-0.25, -0.2) is 0 Å². The molecule has 0 aliphatic rings. The Morgan fingerprint density at radius 1 is 0.609 bits per heavy atom. The minimum absolute atomic E-state index is 0.821. The van der Waals surface area contributed by atoms with Crippen LogP contribution in [0.25, 0.3) is 0 Å². The third kappa shape index (κ3) is 3.50. The minimum Gasteiger partial charge on any atom is -0.310 e. The lowest BCUT2D eigenvalue weighted by Gasteiger charge is -2.22. The van der Waals surface area contributed by atoms with Crippen LogP contribution in [0.4, 0.5) is 0 Å². The first-order valence-electron chi connectivity index (χ1n) is 7.72. The summed E-state index contributed by atoms with van der Waals surface area (Å²) in [6.45, 7) is 1.81. The van der Waals surface area contributed by atoms with Gasteiger partial charge in [0.1, 0.15) is 0 Å². The van der Waals surface area contributed by atoms with Gasteiger partial charge in [0.05, 0.1) is 11.6 Å². The van der Waals surface area contributed by atoms with E-state index in [1.807, 2.05) is 24.3 Å². The SMILES string of the molecule is CC(N)(N)c1ccc([C](c2ccccc2)c2ccccc2)cc1. The fourth-order valence-corrected chi connectivity index (χ4v) is 2.71. The van der Waals surface area contributed by atoms with Gasteiger partial charge in [-0.15, -0.1) is 0 Å². The van der Waals surface area contributed by atoms with Crippen LogP contribution in [-0.2, 0) is 5.66 Å². The summed E-state index contributed by atoms with van der Waals surface area (Å²) in [5.41, 5.74) is 15.6. The van der Waals surface area contributed by atoms with E-state index < -0.39 is 5.66 Å². The van der Waals surface area contributed by atoms with E-state index in [9.17, 15) is 0 Å². The highest BCUT2D eigenvalue weighted by atomic mass is 14.9. The number of rotatable bonds is 4. The summed E-state index contributed by atoms with van der Waals surface area (Å²) in [5.74, 6) is 1.20. The average Bonchev–Trinajstić information content (AvgIpc) is 2.57. The van der Waals surface area contributed by atoms with E-state index in [1.165, 1.54) is 17.0 Å². The molecule has 0 unspecified atom stereocenters. The zero-order valence-corrected chi connectivity index (χ0v) is 13.2.